The Bertz CT molecular complexity index is 497. The first-order valence-corrected chi connectivity index (χ1v) is 5.83. The SMILES string of the molecule is Cc1cnc2cc(CC3CCNC3)nn2c1. The summed E-state index contributed by atoms with van der Waals surface area (Å²) in [4.78, 5) is 4.36. The van der Waals surface area contributed by atoms with E-state index < -0.39 is 0 Å². The van der Waals surface area contributed by atoms with Crippen LogP contribution in [0.2, 0.25) is 0 Å². The molecule has 0 spiro atoms. The molecule has 16 heavy (non-hydrogen) atoms. The van der Waals surface area contributed by atoms with Gasteiger partial charge in [-0.25, -0.2) is 9.50 Å². The Kier molecular flexibility index (Phi) is 2.36. The Balaban J connectivity index is 1.86. The Morgan fingerprint density at radius 1 is 1.56 bits per heavy atom. The first kappa shape index (κ1) is 9.78. The van der Waals surface area contributed by atoms with Crippen molar-refractivity contribution < 1.29 is 0 Å². The molecule has 0 radical (unpaired) electrons. The number of rotatable bonds is 2. The van der Waals surface area contributed by atoms with E-state index in [1.54, 1.807) is 0 Å². The summed E-state index contributed by atoms with van der Waals surface area (Å²) >= 11 is 0. The van der Waals surface area contributed by atoms with E-state index in [1.165, 1.54) is 6.42 Å². The number of aryl methyl sites for hydroxylation is 1. The second-order valence-electron chi connectivity index (χ2n) is 4.63. The minimum Gasteiger partial charge on any atom is -0.316 e. The zero-order valence-corrected chi connectivity index (χ0v) is 9.48. The number of aromatic nitrogens is 3. The Labute approximate surface area is 94.7 Å². The maximum absolute atomic E-state index is 4.56. The summed E-state index contributed by atoms with van der Waals surface area (Å²) in [6, 6.07) is 2.09. The predicted molar refractivity (Wildman–Crippen MR) is 62.4 cm³/mol. The van der Waals surface area contributed by atoms with Crippen molar-refractivity contribution in [2.75, 3.05) is 13.1 Å². The lowest BCUT2D eigenvalue weighted by atomic mass is 10.0. The highest BCUT2D eigenvalue weighted by Crippen LogP contribution is 2.15. The molecule has 0 aliphatic carbocycles. The van der Waals surface area contributed by atoms with Crippen LogP contribution in [0.1, 0.15) is 17.7 Å². The van der Waals surface area contributed by atoms with Gasteiger partial charge in [-0.15, -0.1) is 0 Å². The van der Waals surface area contributed by atoms with E-state index >= 15 is 0 Å². The molecule has 0 bridgehead atoms. The number of fused-ring (bicyclic) bond motifs is 1. The Morgan fingerprint density at radius 3 is 3.31 bits per heavy atom. The summed E-state index contributed by atoms with van der Waals surface area (Å²) in [7, 11) is 0. The molecular weight excluding hydrogens is 200 g/mol. The molecule has 84 valence electrons. The van der Waals surface area contributed by atoms with Gasteiger partial charge < -0.3 is 5.32 Å². The molecule has 2 aromatic rings. The molecular formula is C12H16N4. The topological polar surface area (TPSA) is 42.2 Å². The average molecular weight is 216 g/mol. The molecule has 1 aliphatic heterocycles. The molecule has 1 saturated heterocycles. The van der Waals surface area contributed by atoms with Gasteiger partial charge in [-0.05, 0) is 44.3 Å². The van der Waals surface area contributed by atoms with Gasteiger partial charge in [0.25, 0.3) is 0 Å². The number of hydrogen-bond donors (Lipinski definition) is 1. The zero-order chi connectivity index (χ0) is 11.0. The summed E-state index contributed by atoms with van der Waals surface area (Å²) in [6.45, 7) is 4.31. The summed E-state index contributed by atoms with van der Waals surface area (Å²) < 4.78 is 1.88. The van der Waals surface area contributed by atoms with Gasteiger partial charge in [0.15, 0.2) is 5.65 Å². The monoisotopic (exact) mass is 216 g/mol. The third-order valence-corrected chi connectivity index (χ3v) is 3.15. The van der Waals surface area contributed by atoms with E-state index in [-0.39, 0.29) is 0 Å². The van der Waals surface area contributed by atoms with E-state index in [2.05, 4.69) is 21.5 Å². The normalized spacial score (nSPS) is 20.7. The van der Waals surface area contributed by atoms with Crippen LogP contribution in [-0.4, -0.2) is 27.7 Å². The maximum Gasteiger partial charge on any atom is 0.155 e. The number of nitrogens with one attached hydrogen (secondary N) is 1. The second-order valence-corrected chi connectivity index (χ2v) is 4.63. The molecule has 4 nitrogen and oxygen atoms in total. The predicted octanol–water partition coefficient (Wildman–Crippen LogP) is 1.19. The quantitative estimate of drug-likeness (QED) is 0.820. The number of nitrogens with zero attached hydrogens (tertiary/aromatic N) is 3. The van der Waals surface area contributed by atoms with E-state index in [0.717, 1.165) is 42.3 Å². The summed E-state index contributed by atoms with van der Waals surface area (Å²) in [6.07, 6.45) is 6.24. The largest absolute Gasteiger partial charge is 0.316 e. The molecule has 1 aliphatic rings. The van der Waals surface area contributed by atoms with Crippen molar-refractivity contribution in [2.45, 2.75) is 19.8 Å². The van der Waals surface area contributed by atoms with Gasteiger partial charge >= 0.3 is 0 Å². The van der Waals surface area contributed by atoms with Crippen LogP contribution in [0.5, 0.6) is 0 Å². The molecule has 1 fully saturated rings. The van der Waals surface area contributed by atoms with Gasteiger partial charge in [-0.2, -0.15) is 5.10 Å². The van der Waals surface area contributed by atoms with Gasteiger partial charge in [-0.3, -0.25) is 0 Å². The molecule has 1 unspecified atom stereocenters. The van der Waals surface area contributed by atoms with Crippen LogP contribution in [0.4, 0.5) is 0 Å². The fraction of sp³-hybridized carbons (Fsp3) is 0.500. The standard InChI is InChI=1S/C12H16N4/c1-9-6-14-12-5-11(15-16(12)8-9)4-10-2-3-13-7-10/h5-6,8,10,13H,2-4,7H2,1H3. The van der Waals surface area contributed by atoms with E-state index in [1.807, 2.05) is 23.8 Å². The highest BCUT2D eigenvalue weighted by atomic mass is 15.2. The van der Waals surface area contributed by atoms with Crippen LogP contribution in [0.15, 0.2) is 18.5 Å². The van der Waals surface area contributed by atoms with Gasteiger partial charge in [-0.1, -0.05) is 0 Å². The number of hydrogen-bond acceptors (Lipinski definition) is 3. The fourth-order valence-electron chi connectivity index (χ4n) is 2.30. The molecule has 3 rings (SSSR count). The van der Waals surface area contributed by atoms with Gasteiger partial charge in [0.2, 0.25) is 0 Å². The first-order chi connectivity index (χ1) is 7.81. The average Bonchev–Trinajstić information content (AvgIpc) is 2.86. The van der Waals surface area contributed by atoms with E-state index in [9.17, 15) is 0 Å². The lowest BCUT2D eigenvalue weighted by Crippen LogP contribution is -2.10. The third kappa shape index (κ3) is 1.80. The van der Waals surface area contributed by atoms with Crippen molar-refractivity contribution in [3.8, 4) is 0 Å². The molecule has 1 atom stereocenters. The third-order valence-electron chi connectivity index (χ3n) is 3.15. The smallest absolute Gasteiger partial charge is 0.155 e. The van der Waals surface area contributed by atoms with Crippen LogP contribution >= 0.6 is 0 Å². The van der Waals surface area contributed by atoms with Crippen LogP contribution in [-0.2, 0) is 6.42 Å². The van der Waals surface area contributed by atoms with Crippen molar-refractivity contribution in [3.63, 3.8) is 0 Å². The molecule has 3 heterocycles. The van der Waals surface area contributed by atoms with Gasteiger partial charge in [0.05, 0.1) is 5.69 Å². The molecule has 4 heteroatoms. The van der Waals surface area contributed by atoms with Crippen LogP contribution in [0, 0.1) is 12.8 Å². The van der Waals surface area contributed by atoms with Crippen molar-refractivity contribution in [2.24, 2.45) is 5.92 Å². The highest BCUT2D eigenvalue weighted by molar-refractivity contribution is 5.39. The minimum atomic E-state index is 0.742. The van der Waals surface area contributed by atoms with Crippen molar-refractivity contribution in [1.82, 2.24) is 19.9 Å². The Morgan fingerprint density at radius 2 is 2.50 bits per heavy atom. The fourth-order valence-corrected chi connectivity index (χ4v) is 2.30. The van der Waals surface area contributed by atoms with Crippen LogP contribution in [0.3, 0.4) is 0 Å². The molecule has 0 aromatic carbocycles. The lowest BCUT2D eigenvalue weighted by molar-refractivity contribution is 0.569. The second kappa shape index (κ2) is 3.87. The summed E-state index contributed by atoms with van der Waals surface area (Å²) in [5.41, 5.74) is 3.25. The van der Waals surface area contributed by atoms with Crippen molar-refractivity contribution in [3.05, 3.63) is 29.7 Å². The first-order valence-electron chi connectivity index (χ1n) is 5.83. The maximum atomic E-state index is 4.56. The Hall–Kier alpha value is -1.42. The molecule has 0 saturated carbocycles. The van der Waals surface area contributed by atoms with Crippen molar-refractivity contribution in [1.29, 1.82) is 0 Å². The lowest BCUT2D eigenvalue weighted by Gasteiger charge is -2.03. The van der Waals surface area contributed by atoms with Crippen LogP contribution < -0.4 is 5.32 Å². The van der Waals surface area contributed by atoms with Crippen LogP contribution in [0.25, 0.3) is 5.65 Å². The molecule has 0 amide bonds. The minimum absolute atomic E-state index is 0.742. The highest BCUT2D eigenvalue weighted by Gasteiger charge is 2.16. The molecule has 1 N–H and O–H groups in total. The van der Waals surface area contributed by atoms with Crippen molar-refractivity contribution >= 4 is 5.65 Å². The van der Waals surface area contributed by atoms with E-state index in [0.29, 0.717) is 0 Å². The van der Waals surface area contributed by atoms with Gasteiger partial charge in [0.1, 0.15) is 0 Å². The zero-order valence-electron chi connectivity index (χ0n) is 9.48. The summed E-state index contributed by atoms with van der Waals surface area (Å²) in [5.74, 6) is 0.742. The molecule has 2 aromatic heterocycles. The summed E-state index contributed by atoms with van der Waals surface area (Å²) in [5, 5.41) is 7.95. The van der Waals surface area contributed by atoms with Gasteiger partial charge in [0, 0.05) is 18.5 Å². The van der Waals surface area contributed by atoms with E-state index in [4.69, 9.17) is 0 Å².